The van der Waals surface area contributed by atoms with Crippen LogP contribution in [0.5, 0.6) is 11.5 Å². The summed E-state index contributed by atoms with van der Waals surface area (Å²) in [5.74, 6) is -0.106. The summed E-state index contributed by atoms with van der Waals surface area (Å²) >= 11 is 0. The van der Waals surface area contributed by atoms with Crippen molar-refractivity contribution >= 4 is 11.9 Å². The van der Waals surface area contributed by atoms with Crippen LogP contribution in [-0.2, 0) is 16.0 Å². The third kappa shape index (κ3) is 3.69. The Bertz CT molecular complexity index is 557. The lowest BCUT2D eigenvalue weighted by molar-refractivity contribution is -0.145. The second-order valence-corrected chi connectivity index (χ2v) is 5.37. The zero-order chi connectivity index (χ0) is 16.1. The number of aliphatic carboxylic acids is 1. The van der Waals surface area contributed by atoms with Gasteiger partial charge in [-0.05, 0) is 31.0 Å². The van der Waals surface area contributed by atoms with Crippen LogP contribution in [0.4, 0.5) is 0 Å². The molecular formula is C16H21NO5. The van der Waals surface area contributed by atoms with E-state index >= 15 is 0 Å². The van der Waals surface area contributed by atoms with Crippen LogP contribution in [0.1, 0.15) is 18.4 Å². The number of hydrogen-bond donors (Lipinski definition) is 1. The fourth-order valence-electron chi connectivity index (χ4n) is 2.70. The Morgan fingerprint density at radius 2 is 2.09 bits per heavy atom. The van der Waals surface area contributed by atoms with Gasteiger partial charge >= 0.3 is 5.97 Å². The van der Waals surface area contributed by atoms with Gasteiger partial charge in [0.25, 0.3) is 0 Å². The molecule has 6 heteroatoms. The minimum Gasteiger partial charge on any atom is -0.497 e. The zero-order valence-electron chi connectivity index (χ0n) is 12.9. The number of carboxylic acid groups (broad SMARTS) is 1. The van der Waals surface area contributed by atoms with Crippen molar-refractivity contribution in [3.05, 3.63) is 23.8 Å². The molecule has 0 spiro atoms. The van der Waals surface area contributed by atoms with Crippen molar-refractivity contribution in [3.8, 4) is 11.5 Å². The highest BCUT2D eigenvalue weighted by atomic mass is 16.5. The monoisotopic (exact) mass is 307 g/mol. The first-order valence-corrected chi connectivity index (χ1v) is 7.26. The number of likely N-dealkylation sites (tertiary alicyclic amines) is 1. The van der Waals surface area contributed by atoms with Gasteiger partial charge in [0.2, 0.25) is 5.91 Å². The van der Waals surface area contributed by atoms with Crippen LogP contribution >= 0.6 is 0 Å². The maximum absolute atomic E-state index is 12.4. The van der Waals surface area contributed by atoms with Crippen LogP contribution in [0.25, 0.3) is 0 Å². The highest BCUT2D eigenvalue weighted by Crippen LogP contribution is 2.25. The first kappa shape index (κ1) is 16.1. The van der Waals surface area contributed by atoms with Crippen LogP contribution in [0, 0.1) is 5.92 Å². The van der Waals surface area contributed by atoms with Gasteiger partial charge in [0, 0.05) is 18.7 Å². The van der Waals surface area contributed by atoms with Gasteiger partial charge in [-0.15, -0.1) is 0 Å². The molecular weight excluding hydrogens is 286 g/mol. The molecule has 0 saturated carbocycles. The summed E-state index contributed by atoms with van der Waals surface area (Å²) in [5.41, 5.74) is 0.740. The van der Waals surface area contributed by atoms with Gasteiger partial charge in [0.05, 0.1) is 26.6 Å². The molecule has 1 aromatic rings. The summed E-state index contributed by atoms with van der Waals surface area (Å²) in [5, 5.41) is 9.10. The Morgan fingerprint density at radius 3 is 2.73 bits per heavy atom. The first-order valence-electron chi connectivity index (χ1n) is 7.26. The average molecular weight is 307 g/mol. The zero-order valence-corrected chi connectivity index (χ0v) is 12.9. The van der Waals surface area contributed by atoms with Crippen molar-refractivity contribution in [2.75, 3.05) is 27.3 Å². The molecule has 1 aromatic carbocycles. The predicted molar refractivity (Wildman–Crippen MR) is 80.2 cm³/mol. The lowest BCUT2D eigenvalue weighted by Crippen LogP contribution is -2.43. The van der Waals surface area contributed by atoms with E-state index in [0.29, 0.717) is 24.5 Å². The SMILES string of the molecule is COc1ccc(OC)c(CC(=O)N2CCC[C@H](C(=O)O)C2)c1. The molecule has 1 aliphatic heterocycles. The van der Waals surface area contributed by atoms with E-state index in [4.69, 9.17) is 14.6 Å². The normalized spacial score (nSPS) is 17.9. The van der Waals surface area contributed by atoms with Gasteiger partial charge < -0.3 is 19.5 Å². The molecule has 2 rings (SSSR count). The lowest BCUT2D eigenvalue weighted by atomic mass is 9.97. The molecule has 1 saturated heterocycles. The summed E-state index contributed by atoms with van der Waals surface area (Å²) in [6.07, 6.45) is 1.52. The molecule has 0 aromatic heterocycles. The molecule has 1 fully saturated rings. The van der Waals surface area contributed by atoms with E-state index in [2.05, 4.69) is 0 Å². The van der Waals surface area contributed by atoms with Crippen molar-refractivity contribution in [1.29, 1.82) is 0 Å². The number of nitrogens with zero attached hydrogens (tertiary/aromatic N) is 1. The van der Waals surface area contributed by atoms with Gasteiger partial charge in [-0.1, -0.05) is 0 Å². The Kier molecular flexibility index (Phi) is 5.25. The maximum atomic E-state index is 12.4. The van der Waals surface area contributed by atoms with Crippen molar-refractivity contribution in [3.63, 3.8) is 0 Å². The van der Waals surface area contributed by atoms with E-state index in [9.17, 15) is 9.59 Å². The van der Waals surface area contributed by atoms with E-state index in [0.717, 1.165) is 12.0 Å². The number of benzene rings is 1. The lowest BCUT2D eigenvalue weighted by Gasteiger charge is -2.31. The van der Waals surface area contributed by atoms with Gasteiger partial charge in [-0.25, -0.2) is 0 Å². The molecule has 0 bridgehead atoms. The third-order valence-electron chi connectivity index (χ3n) is 3.95. The predicted octanol–water partition coefficient (Wildman–Crippen LogP) is 1.57. The van der Waals surface area contributed by atoms with Gasteiger partial charge in [-0.3, -0.25) is 9.59 Å². The number of ether oxygens (including phenoxy) is 2. The average Bonchev–Trinajstić information content (AvgIpc) is 2.54. The maximum Gasteiger partial charge on any atom is 0.308 e. The molecule has 0 unspecified atom stereocenters. The molecule has 1 amide bonds. The van der Waals surface area contributed by atoms with Crippen molar-refractivity contribution in [1.82, 2.24) is 4.90 Å². The minimum atomic E-state index is -0.837. The molecule has 6 nitrogen and oxygen atoms in total. The topological polar surface area (TPSA) is 76.1 Å². The molecule has 120 valence electrons. The van der Waals surface area contributed by atoms with Crippen LogP contribution in [-0.4, -0.2) is 49.2 Å². The van der Waals surface area contributed by atoms with Crippen molar-refractivity contribution < 1.29 is 24.2 Å². The van der Waals surface area contributed by atoms with Crippen LogP contribution in [0.2, 0.25) is 0 Å². The first-order chi connectivity index (χ1) is 10.5. The third-order valence-corrected chi connectivity index (χ3v) is 3.95. The van der Waals surface area contributed by atoms with Crippen molar-refractivity contribution in [2.24, 2.45) is 5.92 Å². The fourth-order valence-corrected chi connectivity index (χ4v) is 2.70. The highest BCUT2D eigenvalue weighted by Gasteiger charge is 2.28. The van der Waals surface area contributed by atoms with Gasteiger partial charge in [0.1, 0.15) is 11.5 Å². The van der Waals surface area contributed by atoms with Crippen LogP contribution in [0.3, 0.4) is 0 Å². The molecule has 22 heavy (non-hydrogen) atoms. The highest BCUT2D eigenvalue weighted by molar-refractivity contribution is 5.81. The number of carbonyl (C=O) groups is 2. The Labute approximate surface area is 129 Å². The minimum absolute atomic E-state index is 0.0856. The Hall–Kier alpha value is -2.24. The molecule has 1 atom stereocenters. The Balaban J connectivity index is 2.09. The number of methoxy groups -OCH3 is 2. The molecule has 0 aliphatic carbocycles. The number of piperidine rings is 1. The number of amides is 1. The summed E-state index contributed by atoms with van der Waals surface area (Å²) in [6.45, 7) is 0.884. The summed E-state index contributed by atoms with van der Waals surface area (Å²) in [7, 11) is 3.12. The van der Waals surface area contributed by atoms with E-state index in [1.807, 2.05) is 0 Å². The number of hydrogen-bond acceptors (Lipinski definition) is 4. The van der Waals surface area contributed by atoms with E-state index in [-0.39, 0.29) is 18.9 Å². The standard InChI is InChI=1S/C16H21NO5/c1-21-13-5-6-14(22-2)12(8-13)9-15(18)17-7-3-4-11(10-17)16(19)20/h5-6,8,11H,3-4,7,9-10H2,1-2H3,(H,19,20)/t11-/m0/s1. The molecule has 1 aliphatic rings. The Morgan fingerprint density at radius 1 is 1.32 bits per heavy atom. The van der Waals surface area contributed by atoms with E-state index in [1.165, 1.54) is 0 Å². The number of carbonyl (C=O) groups excluding carboxylic acids is 1. The fraction of sp³-hybridized carbons (Fsp3) is 0.500. The second-order valence-electron chi connectivity index (χ2n) is 5.37. The summed E-state index contributed by atoms with van der Waals surface area (Å²) in [4.78, 5) is 25.2. The molecule has 1 heterocycles. The van der Waals surface area contributed by atoms with E-state index < -0.39 is 11.9 Å². The van der Waals surface area contributed by atoms with Crippen molar-refractivity contribution in [2.45, 2.75) is 19.3 Å². The molecule has 0 radical (unpaired) electrons. The largest absolute Gasteiger partial charge is 0.497 e. The smallest absolute Gasteiger partial charge is 0.308 e. The summed E-state index contributed by atoms with van der Waals surface area (Å²) < 4.78 is 10.4. The van der Waals surface area contributed by atoms with Crippen LogP contribution in [0.15, 0.2) is 18.2 Å². The summed E-state index contributed by atoms with van der Waals surface area (Å²) in [6, 6.07) is 5.31. The van der Waals surface area contributed by atoms with Gasteiger partial charge in [-0.2, -0.15) is 0 Å². The van der Waals surface area contributed by atoms with Crippen LogP contribution < -0.4 is 9.47 Å². The number of carboxylic acids is 1. The van der Waals surface area contributed by atoms with E-state index in [1.54, 1.807) is 37.3 Å². The molecule has 1 N–H and O–H groups in total. The second kappa shape index (κ2) is 7.15. The quantitative estimate of drug-likeness (QED) is 0.893. The number of rotatable bonds is 5. The van der Waals surface area contributed by atoms with Gasteiger partial charge in [0.15, 0.2) is 0 Å².